The first-order valence-corrected chi connectivity index (χ1v) is 7.46. The standard InChI is InChI=1S/C8H14N2O2S2/c1-2-3-10-6-4-14(11,12)5-7(6)13-8(10)9/h6-7,9H,2-5H2,1H3/t6-,7+/m1/s1. The number of hydrogen-bond acceptors (Lipinski definition) is 4. The lowest BCUT2D eigenvalue weighted by atomic mass is 10.2. The van der Waals surface area contributed by atoms with Gasteiger partial charge >= 0.3 is 0 Å². The molecule has 2 rings (SSSR count). The van der Waals surface area contributed by atoms with Crippen molar-refractivity contribution >= 4 is 26.8 Å². The van der Waals surface area contributed by atoms with Gasteiger partial charge in [0.05, 0.1) is 17.5 Å². The van der Waals surface area contributed by atoms with Crippen LogP contribution >= 0.6 is 11.8 Å². The molecule has 2 saturated heterocycles. The Balaban J connectivity index is 2.17. The van der Waals surface area contributed by atoms with E-state index in [0.29, 0.717) is 5.17 Å². The Morgan fingerprint density at radius 2 is 2.29 bits per heavy atom. The number of rotatable bonds is 2. The molecule has 0 spiro atoms. The van der Waals surface area contributed by atoms with Gasteiger partial charge in [-0.1, -0.05) is 18.7 Å². The predicted molar refractivity (Wildman–Crippen MR) is 58.5 cm³/mol. The van der Waals surface area contributed by atoms with Crippen molar-refractivity contribution in [1.29, 1.82) is 5.41 Å². The predicted octanol–water partition coefficient (Wildman–Crippen LogP) is 0.546. The average molecular weight is 234 g/mol. The van der Waals surface area contributed by atoms with Crippen molar-refractivity contribution in [3.8, 4) is 0 Å². The molecule has 0 amide bonds. The van der Waals surface area contributed by atoms with Crippen molar-refractivity contribution in [3.05, 3.63) is 0 Å². The number of fused-ring (bicyclic) bond motifs is 1. The molecule has 0 saturated carbocycles. The molecule has 6 heteroatoms. The minimum absolute atomic E-state index is 0.0671. The van der Waals surface area contributed by atoms with Crippen molar-refractivity contribution in [2.75, 3.05) is 18.1 Å². The summed E-state index contributed by atoms with van der Waals surface area (Å²) in [5.41, 5.74) is 0. The molecule has 0 aliphatic carbocycles. The molecule has 2 aliphatic heterocycles. The van der Waals surface area contributed by atoms with Crippen molar-refractivity contribution in [2.24, 2.45) is 0 Å². The van der Waals surface area contributed by atoms with Crippen LogP contribution in [0.4, 0.5) is 0 Å². The molecule has 2 atom stereocenters. The van der Waals surface area contributed by atoms with Gasteiger partial charge in [-0.15, -0.1) is 0 Å². The lowest BCUT2D eigenvalue weighted by Gasteiger charge is -2.22. The van der Waals surface area contributed by atoms with E-state index in [2.05, 4.69) is 6.92 Å². The van der Waals surface area contributed by atoms with E-state index in [4.69, 9.17) is 5.41 Å². The first-order chi connectivity index (χ1) is 6.53. The third-order valence-electron chi connectivity index (χ3n) is 2.66. The van der Waals surface area contributed by atoms with Crippen LogP contribution in [0.25, 0.3) is 0 Å². The number of sulfone groups is 1. The summed E-state index contributed by atoms with van der Waals surface area (Å²) in [4.78, 5) is 1.94. The molecule has 0 aromatic rings. The van der Waals surface area contributed by atoms with Crippen molar-refractivity contribution in [2.45, 2.75) is 24.6 Å². The number of nitrogens with one attached hydrogen (secondary N) is 1. The highest BCUT2D eigenvalue weighted by molar-refractivity contribution is 8.15. The maximum absolute atomic E-state index is 11.4. The first-order valence-electron chi connectivity index (χ1n) is 4.76. The van der Waals surface area contributed by atoms with E-state index >= 15 is 0 Å². The lowest BCUT2D eigenvalue weighted by Crippen LogP contribution is -2.37. The highest BCUT2D eigenvalue weighted by Crippen LogP contribution is 2.37. The maximum Gasteiger partial charge on any atom is 0.157 e. The summed E-state index contributed by atoms with van der Waals surface area (Å²) in [5, 5.41) is 8.39. The van der Waals surface area contributed by atoms with E-state index in [1.54, 1.807) is 0 Å². The summed E-state index contributed by atoms with van der Waals surface area (Å²) >= 11 is 1.42. The highest BCUT2D eigenvalue weighted by atomic mass is 32.2. The van der Waals surface area contributed by atoms with E-state index in [0.717, 1.165) is 13.0 Å². The molecule has 0 aromatic carbocycles. The molecule has 2 aliphatic rings. The number of hydrogen-bond donors (Lipinski definition) is 1. The molecule has 1 N–H and O–H groups in total. The summed E-state index contributed by atoms with van der Waals surface area (Å²) < 4.78 is 22.8. The van der Waals surface area contributed by atoms with Gasteiger partial charge in [0.15, 0.2) is 15.0 Å². The second-order valence-corrected chi connectivity index (χ2v) is 7.18. The summed E-state index contributed by atoms with van der Waals surface area (Å²) in [7, 11) is -2.84. The number of thioether (sulfide) groups is 1. The molecule has 4 nitrogen and oxygen atoms in total. The van der Waals surface area contributed by atoms with Crippen molar-refractivity contribution in [3.63, 3.8) is 0 Å². The second-order valence-electron chi connectivity index (χ2n) is 3.80. The first kappa shape index (κ1) is 10.3. The number of nitrogens with zero attached hydrogens (tertiary/aromatic N) is 1. The molecule has 2 fully saturated rings. The van der Waals surface area contributed by atoms with E-state index in [-0.39, 0.29) is 22.8 Å². The van der Waals surface area contributed by atoms with Gasteiger partial charge in [0.2, 0.25) is 0 Å². The maximum atomic E-state index is 11.4. The fourth-order valence-electron chi connectivity index (χ4n) is 2.07. The van der Waals surface area contributed by atoms with E-state index in [9.17, 15) is 8.42 Å². The second kappa shape index (κ2) is 3.41. The van der Waals surface area contributed by atoms with Gasteiger partial charge in [0.25, 0.3) is 0 Å². The van der Waals surface area contributed by atoms with Gasteiger partial charge in [-0.3, -0.25) is 5.41 Å². The topological polar surface area (TPSA) is 61.2 Å². The van der Waals surface area contributed by atoms with Gasteiger partial charge in [-0.25, -0.2) is 8.42 Å². The largest absolute Gasteiger partial charge is 0.346 e. The molecule has 0 bridgehead atoms. The lowest BCUT2D eigenvalue weighted by molar-refractivity contribution is 0.356. The summed E-state index contributed by atoms with van der Waals surface area (Å²) in [6.07, 6.45) is 0.964. The Morgan fingerprint density at radius 3 is 2.93 bits per heavy atom. The van der Waals surface area contributed by atoms with E-state index < -0.39 is 9.84 Å². The number of amidine groups is 1. The normalized spacial score (nSPS) is 34.9. The van der Waals surface area contributed by atoms with Crippen LogP contribution in [0.5, 0.6) is 0 Å². The summed E-state index contributed by atoms with van der Waals surface area (Å²) in [6, 6.07) is 0.0671. The third-order valence-corrected chi connectivity index (χ3v) is 5.83. The van der Waals surface area contributed by atoms with Crippen LogP contribution in [0, 0.1) is 5.41 Å². The molecule has 2 heterocycles. The average Bonchev–Trinajstić information content (AvgIpc) is 2.47. The third kappa shape index (κ3) is 1.65. The van der Waals surface area contributed by atoms with Crippen LogP contribution in [0.1, 0.15) is 13.3 Å². The summed E-state index contributed by atoms with van der Waals surface area (Å²) in [5.74, 6) is 0.498. The zero-order valence-electron chi connectivity index (χ0n) is 8.06. The molecular formula is C8H14N2O2S2. The Bertz CT molecular complexity index is 352. The van der Waals surface area contributed by atoms with Crippen LogP contribution in [0.15, 0.2) is 0 Å². The zero-order valence-corrected chi connectivity index (χ0v) is 9.70. The van der Waals surface area contributed by atoms with Crippen LogP contribution in [-0.4, -0.2) is 47.8 Å². The molecule has 0 radical (unpaired) electrons. The van der Waals surface area contributed by atoms with Crippen LogP contribution in [0.3, 0.4) is 0 Å². The molecule has 80 valence electrons. The van der Waals surface area contributed by atoms with Gasteiger partial charge in [-0.05, 0) is 6.42 Å². The zero-order chi connectivity index (χ0) is 10.3. The van der Waals surface area contributed by atoms with Crippen LogP contribution in [-0.2, 0) is 9.84 Å². The fraction of sp³-hybridized carbons (Fsp3) is 0.875. The minimum Gasteiger partial charge on any atom is -0.346 e. The van der Waals surface area contributed by atoms with Crippen molar-refractivity contribution in [1.82, 2.24) is 4.90 Å². The van der Waals surface area contributed by atoms with E-state index in [1.165, 1.54) is 11.8 Å². The quantitative estimate of drug-likeness (QED) is 0.758. The van der Waals surface area contributed by atoms with Crippen LogP contribution in [0.2, 0.25) is 0 Å². The van der Waals surface area contributed by atoms with Crippen molar-refractivity contribution < 1.29 is 8.42 Å². The monoisotopic (exact) mass is 234 g/mol. The molecular weight excluding hydrogens is 220 g/mol. The smallest absolute Gasteiger partial charge is 0.157 e. The minimum atomic E-state index is -2.84. The fourth-order valence-corrected chi connectivity index (χ4v) is 5.93. The van der Waals surface area contributed by atoms with Gasteiger partial charge in [-0.2, -0.15) is 0 Å². The van der Waals surface area contributed by atoms with Gasteiger partial charge in [0.1, 0.15) is 0 Å². The van der Waals surface area contributed by atoms with Gasteiger partial charge in [0, 0.05) is 11.8 Å². The van der Waals surface area contributed by atoms with E-state index in [1.807, 2.05) is 4.90 Å². The van der Waals surface area contributed by atoms with Gasteiger partial charge < -0.3 is 4.90 Å². The Labute approximate surface area is 88.5 Å². The van der Waals surface area contributed by atoms with Crippen LogP contribution < -0.4 is 0 Å². The Hall–Kier alpha value is -0.230. The Morgan fingerprint density at radius 1 is 1.57 bits per heavy atom. The summed E-state index contributed by atoms with van der Waals surface area (Å²) in [6.45, 7) is 2.86. The Kier molecular flexibility index (Phi) is 2.51. The SMILES string of the molecule is CCCN1C(=N)S[C@H]2CS(=O)(=O)C[C@H]21. The highest BCUT2D eigenvalue weighted by Gasteiger charge is 2.47. The molecule has 0 aromatic heterocycles. The molecule has 14 heavy (non-hydrogen) atoms. The molecule has 0 unspecified atom stereocenters.